The predicted octanol–water partition coefficient (Wildman–Crippen LogP) is 2.31. The molecule has 3 aliphatic rings. The highest BCUT2D eigenvalue weighted by molar-refractivity contribution is 5.94. The van der Waals surface area contributed by atoms with E-state index in [4.69, 9.17) is 4.74 Å². The molecule has 3 rings (SSSR count). The zero-order chi connectivity index (χ0) is 21.7. The van der Waals surface area contributed by atoms with Crippen molar-refractivity contribution in [2.45, 2.75) is 50.6 Å². The molecule has 1 aliphatic heterocycles. The van der Waals surface area contributed by atoms with E-state index in [9.17, 15) is 4.79 Å². The average molecular weight is 429 g/mol. The summed E-state index contributed by atoms with van der Waals surface area (Å²) in [6.45, 7) is 6.60. The Morgan fingerprint density at radius 3 is 2.74 bits per heavy atom. The van der Waals surface area contributed by atoms with Gasteiger partial charge in [0.1, 0.15) is 0 Å². The second-order valence-electron chi connectivity index (χ2n) is 8.64. The lowest BCUT2D eigenvalue weighted by Gasteiger charge is -2.35. The maximum Gasteiger partial charge on any atom is 0.247 e. The number of piperidine rings is 1. The number of amides is 1. The zero-order valence-electron chi connectivity index (χ0n) is 19.1. The van der Waals surface area contributed by atoms with E-state index in [1.165, 1.54) is 5.57 Å². The van der Waals surface area contributed by atoms with Crippen molar-refractivity contribution >= 4 is 5.91 Å². The number of methoxy groups -OCH3 is 1. The van der Waals surface area contributed by atoms with E-state index >= 15 is 0 Å². The molecule has 172 valence electrons. The summed E-state index contributed by atoms with van der Waals surface area (Å²) < 4.78 is 5.09. The van der Waals surface area contributed by atoms with Crippen LogP contribution in [0.4, 0.5) is 0 Å². The number of allylic oxidation sites excluding steroid dienone is 5. The third-order valence-electron chi connectivity index (χ3n) is 6.27. The molecule has 1 unspecified atom stereocenters. The largest absolute Gasteiger partial charge is 0.383 e. The Morgan fingerprint density at radius 1 is 1.16 bits per heavy atom. The summed E-state index contributed by atoms with van der Waals surface area (Å²) in [5.74, 6) is 0.126. The van der Waals surface area contributed by atoms with Gasteiger partial charge in [-0.25, -0.2) is 0 Å². The molecule has 1 saturated heterocycles. The summed E-state index contributed by atoms with van der Waals surface area (Å²) in [5, 5.41) is 10.4. The van der Waals surface area contributed by atoms with Crippen molar-refractivity contribution in [1.82, 2.24) is 20.9 Å². The van der Waals surface area contributed by atoms with Crippen molar-refractivity contribution in [1.29, 1.82) is 0 Å². The molecule has 0 saturated carbocycles. The van der Waals surface area contributed by atoms with Crippen molar-refractivity contribution in [3.8, 4) is 0 Å². The second-order valence-corrected chi connectivity index (χ2v) is 8.64. The first-order valence-corrected chi connectivity index (χ1v) is 11.9. The van der Waals surface area contributed by atoms with Crippen LogP contribution in [-0.2, 0) is 9.53 Å². The molecule has 0 aromatic rings. The van der Waals surface area contributed by atoms with Crippen LogP contribution in [0.3, 0.4) is 0 Å². The summed E-state index contributed by atoms with van der Waals surface area (Å²) in [6, 6.07) is 0.645. The van der Waals surface area contributed by atoms with E-state index in [1.807, 2.05) is 12.2 Å². The SMILES string of the molecule is COCCNCCNC(CN1CCC(NC(=O)C2=CC=CCC2)CC1)C1=CCCC=C1. The molecule has 6 nitrogen and oxygen atoms in total. The fourth-order valence-electron chi connectivity index (χ4n) is 4.40. The molecule has 3 N–H and O–H groups in total. The molecule has 0 radical (unpaired) electrons. The molecule has 1 amide bonds. The molecule has 0 spiro atoms. The van der Waals surface area contributed by atoms with E-state index < -0.39 is 0 Å². The fraction of sp³-hybridized carbons (Fsp3) is 0.640. The number of rotatable bonds is 12. The number of ether oxygens (including phenoxy) is 1. The number of likely N-dealkylation sites (tertiary alicyclic amines) is 1. The fourth-order valence-corrected chi connectivity index (χ4v) is 4.40. The van der Waals surface area contributed by atoms with E-state index in [-0.39, 0.29) is 5.91 Å². The van der Waals surface area contributed by atoms with E-state index in [0.29, 0.717) is 12.1 Å². The molecule has 1 atom stereocenters. The number of hydrogen-bond donors (Lipinski definition) is 3. The highest BCUT2D eigenvalue weighted by Crippen LogP contribution is 2.18. The Bertz CT molecular complexity index is 675. The van der Waals surface area contributed by atoms with Gasteiger partial charge < -0.3 is 25.6 Å². The Balaban J connectivity index is 1.42. The summed E-state index contributed by atoms with van der Waals surface area (Å²) >= 11 is 0. The summed E-state index contributed by atoms with van der Waals surface area (Å²) in [6.07, 6.45) is 19.2. The Morgan fingerprint density at radius 2 is 2.03 bits per heavy atom. The van der Waals surface area contributed by atoms with Gasteiger partial charge in [0.2, 0.25) is 5.91 Å². The minimum Gasteiger partial charge on any atom is -0.383 e. The lowest BCUT2D eigenvalue weighted by molar-refractivity contribution is -0.118. The van der Waals surface area contributed by atoms with Gasteiger partial charge >= 0.3 is 0 Å². The standard InChI is InChI=1S/C25H40N4O2/c1-31-19-16-26-14-15-27-24(21-8-4-2-5-9-21)20-29-17-12-23(13-18-29)28-25(30)22-10-6-3-7-11-22/h3-4,6,8-10,23-24,26-27H,2,5,7,11-20H2,1H3,(H,28,30). The Kier molecular flexibility index (Phi) is 10.5. The van der Waals surface area contributed by atoms with E-state index in [2.05, 4.69) is 45.2 Å². The minimum atomic E-state index is 0.126. The summed E-state index contributed by atoms with van der Waals surface area (Å²) in [7, 11) is 1.73. The molecular weight excluding hydrogens is 388 g/mol. The van der Waals surface area contributed by atoms with Gasteiger partial charge in [-0.1, -0.05) is 36.5 Å². The first-order valence-electron chi connectivity index (χ1n) is 11.9. The van der Waals surface area contributed by atoms with Crippen molar-refractivity contribution in [2.24, 2.45) is 0 Å². The zero-order valence-corrected chi connectivity index (χ0v) is 19.1. The Hall–Kier alpha value is -1.73. The number of carbonyl (C=O) groups excluding carboxylic acids is 1. The molecule has 0 aromatic carbocycles. The van der Waals surface area contributed by atoms with Gasteiger partial charge in [0, 0.05) is 64.0 Å². The first-order chi connectivity index (χ1) is 15.3. The van der Waals surface area contributed by atoms with Crippen LogP contribution in [0.15, 0.2) is 47.6 Å². The number of hydrogen-bond acceptors (Lipinski definition) is 5. The molecule has 0 aromatic heterocycles. The maximum absolute atomic E-state index is 12.5. The lowest BCUT2D eigenvalue weighted by atomic mass is 9.97. The van der Waals surface area contributed by atoms with Crippen LogP contribution in [0.25, 0.3) is 0 Å². The van der Waals surface area contributed by atoms with Gasteiger partial charge in [0.05, 0.1) is 6.61 Å². The molecule has 1 fully saturated rings. The molecule has 1 heterocycles. The van der Waals surface area contributed by atoms with Crippen LogP contribution in [0, 0.1) is 0 Å². The topological polar surface area (TPSA) is 65.6 Å². The highest BCUT2D eigenvalue weighted by atomic mass is 16.5. The van der Waals surface area contributed by atoms with Gasteiger partial charge in [-0.05, 0) is 44.1 Å². The van der Waals surface area contributed by atoms with Gasteiger partial charge in [0.15, 0.2) is 0 Å². The lowest BCUT2D eigenvalue weighted by Crippen LogP contribution is -2.50. The number of carbonyl (C=O) groups is 1. The average Bonchev–Trinajstić information content (AvgIpc) is 2.82. The minimum absolute atomic E-state index is 0.126. The van der Waals surface area contributed by atoms with Crippen LogP contribution >= 0.6 is 0 Å². The van der Waals surface area contributed by atoms with Crippen LogP contribution in [0.1, 0.15) is 38.5 Å². The van der Waals surface area contributed by atoms with Gasteiger partial charge in [-0.2, -0.15) is 0 Å². The van der Waals surface area contributed by atoms with Crippen LogP contribution < -0.4 is 16.0 Å². The first kappa shape index (κ1) is 23.9. The van der Waals surface area contributed by atoms with Crippen molar-refractivity contribution in [3.63, 3.8) is 0 Å². The smallest absolute Gasteiger partial charge is 0.247 e. The summed E-state index contributed by atoms with van der Waals surface area (Å²) in [4.78, 5) is 15.0. The van der Waals surface area contributed by atoms with Gasteiger partial charge in [-0.3, -0.25) is 4.79 Å². The van der Waals surface area contributed by atoms with Crippen LogP contribution in [-0.4, -0.2) is 75.9 Å². The highest BCUT2D eigenvalue weighted by Gasteiger charge is 2.24. The molecule has 2 aliphatic carbocycles. The van der Waals surface area contributed by atoms with Gasteiger partial charge in [-0.15, -0.1) is 0 Å². The van der Waals surface area contributed by atoms with Crippen molar-refractivity contribution in [2.75, 3.05) is 53.0 Å². The normalized spacial score (nSPS) is 20.9. The van der Waals surface area contributed by atoms with Crippen molar-refractivity contribution < 1.29 is 9.53 Å². The molecule has 0 bridgehead atoms. The molecule has 31 heavy (non-hydrogen) atoms. The van der Waals surface area contributed by atoms with E-state index in [0.717, 1.165) is 90.0 Å². The predicted molar refractivity (Wildman–Crippen MR) is 127 cm³/mol. The van der Waals surface area contributed by atoms with Crippen LogP contribution in [0.2, 0.25) is 0 Å². The maximum atomic E-state index is 12.5. The molecule has 6 heteroatoms. The Labute approximate surface area is 187 Å². The monoisotopic (exact) mass is 428 g/mol. The van der Waals surface area contributed by atoms with Crippen LogP contribution in [0.5, 0.6) is 0 Å². The third-order valence-corrected chi connectivity index (χ3v) is 6.27. The molecular formula is C25H40N4O2. The van der Waals surface area contributed by atoms with Gasteiger partial charge in [0.25, 0.3) is 0 Å². The van der Waals surface area contributed by atoms with E-state index in [1.54, 1.807) is 7.11 Å². The quantitative estimate of drug-likeness (QED) is 0.416. The second kappa shape index (κ2) is 13.6. The third kappa shape index (κ3) is 8.37. The van der Waals surface area contributed by atoms with Crippen molar-refractivity contribution in [3.05, 3.63) is 47.6 Å². The summed E-state index contributed by atoms with van der Waals surface area (Å²) in [5.41, 5.74) is 2.33. The number of nitrogens with one attached hydrogen (secondary N) is 3. The number of nitrogens with zero attached hydrogens (tertiary/aromatic N) is 1.